The van der Waals surface area contributed by atoms with Crippen LogP contribution in [-0.4, -0.2) is 17.8 Å². The van der Waals surface area contributed by atoms with Crippen LogP contribution in [-0.2, 0) is 11.3 Å². The molecule has 0 amide bonds. The molecule has 0 radical (unpaired) electrons. The number of aliphatic hydroxyl groups excluding tert-OH is 1. The third-order valence-corrected chi connectivity index (χ3v) is 2.22. The summed E-state index contributed by atoms with van der Waals surface area (Å²) < 4.78 is 5.58. The van der Waals surface area contributed by atoms with Gasteiger partial charge in [0.15, 0.2) is 0 Å². The van der Waals surface area contributed by atoms with E-state index in [9.17, 15) is 0 Å². The number of rotatable bonds is 7. The van der Waals surface area contributed by atoms with Crippen molar-refractivity contribution in [2.45, 2.75) is 25.6 Å². The first-order valence-electron chi connectivity index (χ1n) is 5.24. The van der Waals surface area contributed by atoms with E-state index in [2.05, 4.69) is 6.58 Å². The summed E-state index contributed by atoms with van der Waals surface area (Å²) in [5.74, 6) is 0. The van der Waals surface area contributed by atoms with E-state index in [1.807, 2.05) is 36.4 Å². The second-order valence-electron chi connectivity index (χ2n) is 3.47. The molecule has 15 heavy (non-hydrogen) atoms. The Balaban J connectivity index is 2.31. The van der Waals surface area contributed by atoms with Gasteiger partial charge in [0.05, 0.1) is 19.3 Å². The van der Waals surface area contributed by atoms with E-state index in [1.165, 1.54) is 0 Å². The fourth-order valence-corrected chi connectivity index (χ4v) is 1.32. The van der Waals surface area contributed by atoms with Crippen LogP contribution < -0.4 is 0 Å². The Bertz CT molecular complexity index is 269. The largest absolute Gasteiger partial charge is 0.394 e. The summed E-state index contributed by atoms with van der Waals surface area (Å²) in [6.07, 6.45) is 3.46. The molecule has 0 unspecified atom stereocenters. The first-order chi connectivity index (χ1) is 7.36. The van der Waals surface area contributed by atoms with Gasteiger partial charge in [-0.25, -0.2) is 0 Å². The van der Waals surface area contributed by atoms with Crippen LogP contribution in [0.25, 0.3) is 0 Å². The molecular weight excluding hydrogens is 188 g/mol. The number of aliphatic hydroxyl groups is 1. The normalized spacial score (nSPS) is 12.3. The van der Waals surface area contributed by atoms with Gasteiger partial charge in [-0.3, -0.25) is 0 Å². The number of benzene rings is 1. The van der Waals surface area contributed by atoms with Crippen LogP contribution in [0, 0.1) is 0 Å². The maximum absolute atomic E-state index is 9.07. The molecule has 0 bridgehead atoms. The highest BCUT2D eigenvalue weighted by Gasteiger charge is 2.06. The lowest BCUT2D eigenvalue weighted by Crippen LogP contribution is -2.17. The van der Waals surface area contributed by atoms with Crippen LogP contribution in [0.4, 0.5) is 0 Å². The van der Waals surface area contributed by atoms with Crippen molar-refractivity contribution in [3.63, 3.8) is 0 Å². The Labute approximate surface area is 91.2 Å². The molecular formula is C13H18O2. The smallest absolute Gasteiger partial charge is 0.0813 e. The summed E-state index contributed by atoms with van der Waals surface area (Å²) in [6.45, 7) is 4.28. The first kappa shape index (κ1) is 12.0. The van der Waals surface area contributed by atoms with Gasteiger partial charge in [-0.05, 0) is 18.4 Å². The average molecular weight is 206 g/mol. The summed E-state index contributed by atoms with van der Waals surface area (Å²) in [6, 6.07) is 9.97. The van der Waals surface area contributed by atoms with Gasteiger partial charge in [0.25, 0.3) is 0 Å². The molecule has 1 rings (SSSR count). The van der Waals surface area contributed by atoms with E-state index >= 15 is 0 Å². The molecule has 0 aromatic heterocycles. The molecule has 1 aromatic carbocycles. The van der Waals surface area contributed by atoms with Crippen LogP contribution >= 0.6 is 0 Å². The Kier molecular flexibility index (Phi) is 5.74. The van der Waals surface area contributed by atoms with E-state index in [0.717, 1.165) is 18.4 Å². The summed E-state index contributed by atoms with van der Waals surface area (Å²) >= 11 is 0. The summed E-state index contributed by atoms with van der Waals surface area (Å²) in [7, 11) is 0. The van der Waals surface area contributed by atoms with Crippen molar-refractivity contribution in [3.05, 3.63) is 48.6 Å². The lowest BCUT2D eigenvalue weighted by molar-refractivity contribution is -0.00148. The molecule has 0 heterocycles. The van der Waals surface area contributed by atoms with Crippen molar-refractivity contribution in [1.29, 1.82) is 0 Å². The van der Waals surface area contributed by atoms with E-state index in [1.54, 1.807) is 0 Å². The molecule has 0 aliphatic rings. The molecule has 2 heteroatoms. The zero-order valence-corrected chi connectivity index (χ0v) is 8.93. The summed E-state index contributed by atoms with van der Waals surface area (Å²) in [5, 5.41) is 9.07. The number of ether oxygens (including phenoxy) is 1. The highest BCUT2D eigenvalue weighted by atomic mass is 16.5. The lowest BCUT2D eigenvalue weighted by atomic mass is 10.2. The van der Waals surface area contributed by atoms with Crippen molar-refractivity contribution in [2.24, 2.45) is 0 Å². The maximum Gasteiger partial charge on any atom is 0.0813 e. The molecule has 2 nitrogen and oxygen atoms in total. The SMILES string of the molecule is C=CCC[C@H](CO)OCc1ccccc1. The van der Waals surface area contributed by atoms with Crippen LogP contribution in [0.15, 0.2) is 43.0 Å². The molecule has 82 valence electrons. The minimum Gasteiger partial charge on any atom is -0.394 e. The molecule has 0 saturated heterocycles. The van der Waals surface area contributed by atoms with Crippen molar-refractivity contribution >= 4 is 0 Å². The predicted octanol–water partition coefficient (Wildman–Crippen LogP) is 2.53. The summed E-state index contributed by atoms with van der Waals surface area (Å²) in [4.78, 5) is 0. The van der Waals surface area contributed by atoms with Crippen LogP contribution in [0.1, 0.15) is 18.4 Å². The second kappa shape index (κ2) is 7.21. The Morgan fingerprint density at radius 1 is 1.33 bits per heavy atom. The molecule has 0 spiro atoms. The fourth-order valence-electron chi connectivity index (χ4n) is 1.32. The van der Waals surface area contributed by atoms with Gasteiger partial charge in [-0.1, -0.05) is 36.4 Å². The minimum absolute atomic E-state index is 0.0701. The molecule has 0 fully saturated rings. The average Bonchev–Trinajstić information content (AvgIpc) is 2.31. The van der Waals surface area contributed by atoms with Crippen LogP contribution in [0.2, 0.25) is 0 Å². The minimum atomic E-state index is -0.0804. The van der Waals surface area contributed by atoms with Crippen molar-refractivity contribution in [3.8, 4) is 0 Å². The van der Waals surface area contributed by atoms with Crippen LogP contribution in [0.3, 0.4) is 0 Å². The third kappa shape index (κ3) is 4.77. The Morgan fingerprint density at radius 3 is 2.67 bits per heavy atom. The van der Waals surface area contributed by atoms with Crippen LogP contribution in [0.5, 0.6) is 0 Å². The van der Waals surface area contributed by atoms with Gasteiger partial charge in [-0.15, -0.1) is 6.58 Å². The molecule has 1 atom stereocenters. The monoisotopic (exact) mass is 206 g/mol. The topological polar surface area (TPSA) is 29.5 Å². The molecule has 1 aromatic rings. The van der Waals surface area contributed by atoms with E-state index in [-0.39, 0.29) is 12.7 Å². The van der Waals surface area contributed by atoms with Gasteiger partial charge < -0.3 is 9.84 Å². The van der Waals surface area contributed by atoms with Gasteiger partial charge in [0.1, 0.15) is 0 Å². The lowest BCUT2D eigenvalue weighted by Gasteiger charge is -2.14. The number of allylic oxidation sites excluding steroid dienone is 1. The maximum atomic E-state index is 9.07. The van der Waals surface area contributed by atoms with E-state index in [4.69, 9.17) is 9.84 Å². The molecule has 1 N–H and O–H groups in total. The first-order valence-corrected chi connectivity index (χ1v) is 5.24. The fraction of sp³-hybridized carbons (Fsp3) is 0.385. The summed E-state index contributed by atoms with van der Waals surface area (Å²) in [5.41, 5.74) is 1.13. The van der Waals surface area contributed by atoms with Crippen molar-refractivity contribution in [2.75, 3.05) is 6.61 Å². The standard InChI is InChI=1S/C13H18O2/c1-2-3-9-13(10-14)15-11-12-7-5-4-6-8-12/h2,4-8,13-14H,1,3,9-11H2/t13-/m1/s1. The zero-order valence-electron chi connectivity index (χ0n) is 8.93. The number of hydrogen-bond donors (Lipinski definition) is 1. The highest BCUT2D eigenvalue weighted by Crippen LogP contribution is 2.07. The number of hydrogen-bond acceptors (Lipinski definition) is 2. The van der Waals surface area contributed by atoms with Gasteiger partial charge in [-0.2, -0.15) is 0 Å². The van der Waals surface area contributed by atoms with Gasteiger partial charge >= 0.3 is 0 Å². The molecule has 0 aliphatic carbocycles. The van der Waals surface area contributed by atoms with Gasteiger partial charge in [0, 0.05) is 0 Å². The quantitative estimate of drug-likeness (QED) is 0.695. The van der Waals surface area contributed by atoms with Crippen molar-refractivity contribution in [1.82, 2.24) is 0 Å². The molecule has 0 saturated carbocycles. The van der Waals surface area contributed by atoms with Gasteiger partial charge in [0.2, 0.25) is 0 Å². The zero-order chi connectivity index (χ0) is 10.9. The van der Waals surface area contributed by atoms with Crippen molar-refractivity contribution < 1.29 is 9.84 Å². The second-order valence-corrected chi connectivity index (χ2v) is 3.47. The predicted molar refractivity (Wildman–Crippen MR) is 61.5 cm³/mol. The van der Waals surface area contributed by atoms with E-state index < -0.39 is 0 Å². The van der Waals surface area contributed by atoms with E-state index in [0.29, 0.717) is 6.61 Å². The Morgan fingerprint density at radius 2 is 2.07 bits per heavy atom. The molecule has 0 aliphatic heterocycles. The third-order valence-electron chi connectivity index (χ3n) is 2.22. The Hall–Kier alpha value is -1.12. The highest BCUT2D eigenvalue weighted by molar-refractivity contribution is 5.13.